The zero-order valence-electron chi connectivity index (χ0n) is 17.5. The van der Waals surface area contributed by atoms with Crippen molar-refractivity contribution in [3.05, 3.63) is 81.7 Å². The third-order valence-corrected chi connectivity index (χ3v) is 7.03. The molecule has 2 N–H and O–H groups in total. The van der Waals surface area contributed by atoms with Gasteiger partial charge >= 0.3 is 0 Å². The highest BCUT2D eigenvalue weighted by Crippen LogP contribution is 2.45. The van der Waals surface area contributed by atoms with Crippen LogP contribution in [0.15, 0.2) is 71.2 Å². The Balaban J connectivity index is 1.63. The maximum atomic E-state index is 13.5. The molecule has 1 aliphatic heterocycles. The molecule has 0 bridgehead atoms. The summed E-state index contributed by atoms with van der Waals surface area (Å²) in [5, 5.41) is 9.27. The van der Waals surface area contributed by atoms with Gasteiger partial charge in [-0.2, -0.15) is 0 Å². The van der Waals surface area contributed by atoms with E-state index >= 15 is 0 Å². The topological polar surface area (TPSA) is 59.6 Å². The first-order valence-electron chi connectivity index (χ1n) is 10.3. The molecule has 3 aromatic rings. The van der Waals surface area contributed by atoms with E-state index in [1.54, 1.807) is 25.6 Å². The van der Waals surface area contributed by atoms with Crippen LogP contribution in [0.3, 0.4) is 0 Å². The molecule has 0 radical (unpaired) electrons. The average molecular weight is 433 g/mol. The van der Waals surface area contributed by atoms with Crippen LogP contribution < -0.4 is 20.1 Å². The Morgan fingerprint density at radius 3 is 2.48 bits per heavy atom. The number of carbonyl (C=O) groups is 1. The lowest BCUT2D eigenvalue weighted by Crippen LogP contribution is -2.26. The molecule has 2 heterocycles. The first kappa shape index (κ1) is 19.7. The van der Waals surface area contributed by atoms with E-state index < -0.39 is 0 Å². The van der Waals surface area contributed by atoms with Crippen LogP contribution in [-0.4, -0.2) is 20.0 Å². The molecule has 1 aliphatic carbocycles. The minimum absolute atomic E-state index is 0.173. The van der Waals surface area contributed by atoms with Crippen molar-refractivity contribution in [1.29, 1.82) is 0 Å². The summed E-state index contributed by atoms with van der Waals surface area (Å²) in [4.78, 5) is 14.8. The molecule has 0 saturated heterocycles. The fourth-order valence-corrected chi connectivity index (χ4v) is 5.33. The highest BCUT2D eigenvalue weighted by molar-refractivity contribution is 7.10. The molecule has 0 spiro atoms. The average Bonchev–Trinajstić information content (AvgIpc) is 3.27. The minimum Gasteiger partial charge on any atom is -0.493 e. The summed E-state index contributed by atoms with van der Waals surface area (Å²) < 4.78 is 10.9. The number of methoxy groups -OCH3 is 2. The van der Waals surface area contributed by atoms with Crippen LogP contribution in [0.4, 0.5) is 11.4 Å². The van der Waals surface area contributed by atoms with Crippen LogP contribution in [0, 0.1) is 0 Å². The van der Waals surface area contributed by atoms with Gasteiger partial charge in [-0.25, -0.2) is 0 Å². The quantitative estimate of drug-likeness (QED) is 0.550. The van der Waals surface area contributed by atoms with Gasteiger partial charge in [0.05, 0.1) is 31.6 Å². The van der Waals surface area contributed by atoms with Crippen molar-refractivity contribution in [2.45, 2.75) is 24.8 Å². The maximum Gasteiger partial charge on any atom is 0.163 e. The molecule has 2 aliphatic rings. The zero-order chi connectivity index (χ0) is 21.4. The predicted molar refractivity (Wildman–Crippen MR) is 124 cm³/mol. The van der Waals surface area contributed by atoms with E-state index in [9.17, 15) is 4.79 Å². The molecule has 0 unspecified atom stereocenters. The van der Waals surface area contributed by atoms with Crippen molar-refractivity contribution < 1.29 is 14.3 Å². The van der Waals surface area contributed by atoms with Gasteiger partial charge < -0.3 is 20.1 Å². The monoisotopic (exact) mass is 432 g/mol. The lowest BCUT2D eigenvalue weighted by Gasteiger charge is -2.29. The van der Waals surface area contributed by atoms with Crippen LogP contribution in [0.5, 0.6) is 11.5 Å². The number of para-hydroxylation sites is 2. The second kappa shape index (κ2) is 8.12. The van der Waals surface area contributed by atoms with Gasteiger partial charge in [0.15, 0.2) is 17.3 Å². The number of Topliss-reactive ketones (excluding diaryl/α,β-unsaturated/α-hetero) is 1. The summed E-state index contributed by atoms with van der Waals surface area (Å²) in [6, 6.07) is 17.8. The van der Waals surface area contributed by atoms with Crippen LogP contribution in [0.25, 0.3) is 0 Å². The predicted octanol–water partition coefficient (Wildman–Crippen LogP) is 5.74. The Hall–Kier alpha value is -3.25. The van der Waals surface area contributed by atoms with Crippen LogP contribution in [-0.2, 0) is 4.79 Å². The third kappa shape index (κ3) is 3.57. The van der Waals surface area contributed by atoms with E-state index in [1.807, 2.05) is 42.5 Å². The lowest BCUT2D eigenvalue weighted by molar-refractivity contribution is -0.116. The third-order valence-electron chi connectivity index (χ3n) is 6.00. The zero-order valence-corrected chi connectivity index (χ0v) is 18.3. The van der Waals surface area contributed by atoms with Crippen molar-refractivity contribution in [3.8, 4) is 11.5 Å². The Morgan fingerprint density at radius 1 is 0.935 bits per heavy atom. The molecular formula is C25H24N2O3S. The van der Waals surface area contributed by atoms with Gasteiger partial charge in [-0.3, -0.25) is 4.79 Å². The summed E-state index contributed by atoms with van der Waals surface area (Å²) in [5.41, 5.74) is 4.71. The summed E-state index contributed by atoms with van der Waals surface area (Å²) in [7, 11) is 3.25. The van der Waals surface area contributed by atoms with Crippen molar-refractivity contribution in [1.82, 2.24) is 0 Å². The van der Waals surface area contributed by atoms with Crippen molar-refractivity contribution >= 4 is 28.5 Å². The van der Waals surface area contributed by atoms with Crippen molar-refractivity contribution in [2.24, 2.45) is 0 Å². The van der Waals surface area contributed by atoms with Crippen LogP contribution >= 0.6 is 11.3 Å². The Morgan fingerprint density at radius 2 is 1.74 bits per heavy atom. The summed E-state index contributed by atoms with van der Waals surface area (Å²) in [6.45, 7) is 0. The molecule has 158 valence electrons. The standard InChI is InChI=1S/C25H24N2O3S/c1-29-21-10-9-15(14-22(21)30-2)25-24-19(26-17-6-3-4-7-18(17)27-25)12-16(13-20(24)28)23-8-5-11-31-23/h3-11,14,16,25-27H,12-13H2,1-2H3/t16-,25-/m0/s1. The normalized spacial score (nSPS) is 20.1. The molecule has 0 amide bonds. The maximum absolute atomic E-state index is 13.5. The first-order valence-corrected chi connectivity index (χ1v) is 11.2. The number of carbonyl (C=O) groups excluding carboxylic acids is 1. The van der Waals surface area contributed by atoms with Crippen molar-refractivity contribution in [2.75, 3.05) is 24.9 Å². The largest absolute Gasteiger partial charge is 0.493 e. The molecule has 6 heteroatoms. The Kier molecular flexibility index (Phi) is 5.16. The number of thiophene rings is 1. The number of allylic oxidation sites excluding steroid dienone is 1. The van der Waals surface area contributed by atoms with E-state index in [0.29, 0.717) is 17.9 Å². The van der Waals surface area contributed by atoms with E-state index in [-0.39, 0.29) is 17.7 Å². The van der Waals surface area contributed by atoms with E-state index in [1.165, 1.54) is 4.88 Å². The fraction of sp³-hybridized carbons (Fsp3) is 0.240. The summed E-state index contributed by atoms with van der Waals surface area (Å²) >= 11 is 1.72. The number of hydrogen-bond donors (Lipinski definition) is 2. The number of benzene rings is 2. The van der Waals surface area contributed by atoms with Gasteiger partial charge in [-0.15, -0.1) is 11.3 Å². The summed E-state index contributed by atoms with van der Waals surface area (Å²) in [5.74, 6) is 1.69. The van der Waals surface area contributed by atoms with E-state index in [0.717, 1.165) is 34.6 Å². The second-order valence-corrected chi connectivity index (χ2v) is 8.78. The number of fused-ring (bicyclic) bond motifs is 1. The lowest BCUT2D eigenvalue weighted by atomic mass is 9.80. The molecule has 2 atom stereocenters. The molecule has 5 rings (SSSR count). The Bertz CT molecular complexity index is 1150. The van der Waals surface area contributed by atoms with E-state index in [2.05, 4.69) is 28.1 Å². The highest BCUT2D eigenvalue weighted by atomic mass is 32.1. The number of hydrogen-bond acceptors (Lipinski definition) is 6. The van der Waals surface area contributed by atoms with Gasteiger partial charge in [-0.05, 0) is 47.7 Å². The molecule has 5 nitrogen and oxygen atoms in total. The second-order valence-electron chi connectivity index (χ2n) is 7.80. The molecule has 0 saturated carbocycles. The fourth-order valence-electron chi connectivity index (χ4n) is 4.50. The number of rotatable bonds is 4. The van der Waals surface area contributed by atoms with Crippen LogP contribution in [0.1, 0.15) is 35.2 Å². The molecule has 2 aromatic carbocycles. The number of ketones is 1. The molecule has 31 heavy (non-hydrogen) atoms. The molecule has 1 aromatic heterocycles. The van der Waals surface area contributed by atoms with E-state index in [4.69, 9.17) is 9.47 Å². The SMILES string of the molecule is COc1ccc([C@@H]2Nc3ccccc3NC3=C2C(=O)C[C@@H](c2cccs2)C3)cc1OC. The first-order chi connectivity index (χ1) is 15.2. The summed E-state index contributed by atoms with van der Waals surface area (Å²) in [6.07, 6.45) is 1.32. The highest BCUT2D eigenvalue weighted by Gasteiger charge is 2.36. The smallest absolute Gasteiger partial charge is 0.163 e. The number of nitrogens with one attached hydrogen (secondary N) is 2. The number of anilines is 2. The van der Waals surface area contributed by atoms with Gasteiger partial charge in [0.25, 0.3) is 0 Å². The number of ether oxygens (including phenoxy) is 2. The minimum atomic E-state index is -0.275. The van der Waals surface area contributed by atoms with Gasteiger partial charge in [-0.1, -0.05) is 24.3 Å². The van der Waals surface area contributed by atoms with Gasteiger partial charge in [0.2, 0.25) is 0 Å². The Labute approximate surface area is 185 Å². The van der Waals surface area contributed by atoms with Crippen LogP contribution in [0.2, 0.25) is 0 Å². The molecule has 0 fully saturated rings. The van der Waals surface area contributed by atoms with Gasteiger partial charge in [0.1, 0.15) is 0 Å². The molecular weight excluding hydrogens is 408 g/mol. The van der Waals surface area contributed by atoms with Gasteiger partial charge in [0, 0.05) is 28.5 Å². The van der Waals surface area contributed by atoms with Crippen molar-refractivity contribution in [3.63, 3.8) is 0 Å².